The van der Waals surface area contributed by atoms with Crippen molar-refractivity contribution < 1.29 is 24.3 Å². The van der Waals surface area contributed by atoms with Gasteiger partial charge in [0.25, 0.3) is 0 Å². The Hall–Kier alpha value is -2.41. The monoisotopic (exact) mass is 364 g/mol. The Morgan fingerprint density at radius 3 is 2.46 bits per heavy atom. The fraction of sp³-hybridized carbons (Fsp3) is 0.526. The van der Waals surface area contributed by atoms with Gasteiger partial charge in [0.1, 0.15) is 6.67 Å². The van der Waals surface area contributed by atoms with Crippen LogP contribution in [0.1, 0.15) is 57.6 Å². The number of nitrogens with zero attached hydrogens (tertiary/aromatic N) is 2. The van der Waals surface area contributed by atoms with E-state index in [0.29, 0.717) is 11.5 Å². The van der Waals surface area contributed by atoms with Gasteiger partial charge in [-0.1, -0.05) is 50.1 Å². The predicted molar refractivity (Wildman–Crippen MR) is 96.0 cm³/mol. The number of benzene rings is 1. The lowest BCUT2D eigenvalue weighted by atomic mass is 10.0. The van der Waals surface area contributed by atoms with Crippen LogP contribution in [0.4, 0.5) is 0 Å². The van der Waals surface area contributed by atoms with Gasteiger partial charge in [0.15, 0.2) is 0 Å². The molecule has 1 atom stereocenters. The first-order chi connectivity index (χ1) is 12.5. The van der Waals surface area contributed by atoms with Gasteiger partial charge in [0, 0.05) is 6.42 Å². The Labute approximate surface area is 154 Å². The zero-order valence-electron chi connectivity index (χ0n) is 15.5. The molecular weight excluding hydrogens is 336 g/mol. The maximum absolute atomic E-state index is 12.7. The predicted octanol–water partition coefficient (Wildman–Crippen LogP) is 2.89. The summed E-state index contributed by atoms with van der Waals surface area (Å²) in [5, 5.41) is 10.0. The van der Waals surface area contributed by atoms with Crippen LogP contribution in [-0.2, 0) is 19.1 Å². The molecule has 7 nitrogen and oxygen atoms in total. The van der Waals surface area contributed by atoms with Crippen molar-refractivity contribution in [1.82, 2.24) is 9.96 Å². The topological polar surface area (TPSA) is 87.2 Å². The second kappa shape index (κ2) is 12.0. The van der Waals surface area contributed by atoms with Gasteiger partial charge in [-0.25, -0.2) is 5.06 Å². The highest BCUT2D eigenvalue weighted by Gasteiger charge is 2.28. The SMILES string of the molecule is CCCCCC(=O)N(CN(O)C=O)C(CC(=O)OCC)c1ccccc1. The summed E-state index contributed by atoms with van der Waals surface area (Å²) < 4.78 is 5.03. The summed E-state index contributed by atoms with van der Waals surface area (Å²) in [6.07, 6.45) is 3.05. The number of rotatable bonds is 12. The van der Waals surface area contributed by atoms with Gasteiger partial charge in [-0.3, -0.25) is 19.6 Å². The molecule has 1 aromatic carbocycles. The highest BCUT2D eigenvalue weighted by atomic mass is 16.5. The third-order valence-corrected chi connectivity index (χ3v) is 3.96. The van der Waals surface area contributed by atoms with Crippen LogP contribution in [0, 0.1) is 0 Å². The van der Waals surface area contributed by atoms with Crippen molar-refractivity contribution in [2.45, 2.75) is 52.0 Å². The zero-order chi connectivity index (χ0) is 19.4. The minimum Gasteiger partial charge on any atom is -0.466 e. The first-order valence-corrected chi connectivity index (χ1v) is 8.94. The summed E-state index contributed by atoms with van der Waals surface area (Å²) in [6.45, 7) is 3.68. The van der Waals surface area contributed by atoms with E-state index in [1.807, 2.05) is 25.1 Å². The second-order valence-corrected chi connectivity index (χ2v) is 5.94. The van der Waals surface area contributed by atoms with Crippen LogP contribution in [0.2, 0.25) is 0 Å². The van der Waals surface area contributed by atoms with Crippen molar-refractivity contribution in [2.75, 3.05) is 13.3 Å². The Kier molecular flexibility index (Phi) is 10.0. The average molecular weight is 364 g/mol. The van der Waals surface area contributed by atoms with E-state index in [9.17, 15) is 19.6 Å². The maximum Gasteiger partial charge on any atom is 0.308 e. The van der Waals surface area contributed by atoms with Gasteiger partial charge in [0.05, 0.1) is 19.1 Å². The molecule has 7 heteroatoms. The molecule has 1 N–H and O–H groups in total. The number of carbonyl (C=O) groups excluding carboxylic acids is 3. The quantitative estimate of drug-likeness (QED) is 0.154. The van der Waals surface area contributed by atoms with Gasteiger partial charge in [0.2, 0.25) is 12.3 Å². The van der Waals surface area contributed by atoms with E-state index >= 15 is 0 Å². The molecule has 0 aromatic heterocycles. The highest BCUT2D eigenvalue weighted by molar-refractivity contribution is 5.78. The van der Waals surface area contributed by atoms with Crippen LogP contribution in [0.3, 0.4) is 0 Å². The van der Waals surface area contributed by atoms with Crippen LogP contribution in [0.15, 0.2) is 30.3 Å². The normalized spacial score (nSPS) is 11.5. The first kappa shape index (κ1) is 21.6. The zero-order valence-corrected chi connectivity index (χ0v) is 15.5. The second-order valence-electron chi connectivity index (χ2n) is 5.94. The van der Waals surface area contributed by atoms with Crippen molar-refractivity contribution in [1.29, 1.82) is 0 Å². The van der Waals surface area contributed by atoms with Crippen LogP contribution >= 0.6 is 0 Å². The van der Waals surface area contributed by atoms with E-state index < -0.39 is 12.0 Å². The van der Waals surface area contributed by atoms with Crippen molar-refractivity contribution >= 4 is 18.3 Å². The molecule has 1 aromatic rings. The summed E-state index contributed by atoms with van der Waals surface area (Å²) in [5.41, 5.74) is 0.740. The molecular formula is C19H28N2O5. The van der Waals surface area contributed by atoms with Gasteiger partial charge >= 0.3 is 5.97 Å². The number of unbranched alkanes of at least 4 members (excludes halogenated alkanes) is 2. The van der Waals surface area contributed by atoms with Crippen molar-refractivity contribution in [3.8, 4) is 0 Å². The number of carbonyl (C=O) groups is 3. The van der Waals surface area contributed by atoms with Crippen molar-refractivity contribution in [3.05, 3.63) is 35.9 Å². The molecule has 1 unspecified atom stereocenters. The Balaban J connectivity index is 3.10. The Morgan fingerprint density at radius 1 is 1.19 bits per heavy atom. The molecule has 0 heterocycles. The molecule has 0 aliphatic rings. The molecule has 0 aliphatic carbocycles. The summed E-state index contributed by atoms with van der Waals surface area (Å²) in [4.78, 5) is 37.0. The molecule has 0 radical (unpaired) electrons. The molecule has 2 amide bonds. The lowest BCUT2D eigenvalue weighted by molar-refractivity contribution is -0.168. The van der Waals surface area contributed by atoms with E-state index in [1.54, 1.807) is 19.1 Å². The standard InChI is InChI=1S/C19H28N2O5/c1-3-5-7-12-18(23)21(14-20(25)15-22)17(13-19(24)26-4-2)16-10-8-6-9-11-16/h6,8-11,15,17,25H,3-5,7,12-14H2,1-2H3. The smallest absolute Gasteiger partial charge is 0.308 e. The van der Waals surface area contributed by atoms with Crippen LogP contribution in [0.25, 0.3) is 0 Å². The van der Waals surface area contributed by atoms with E-state index in [0.717, 1.165) is 18.4 Å². The third-order valence-electron chi connectivity index (χ3n) is 3.96. The number of hydrogen-bond acceptors (Lipinski definition) is 5. The van der Waals surface area contributed by atoms with Gasteiger partial charge in [-0.05, 0) is 18.9 Å². The number of ether oxygens (including phenoxy) is 1. The van der Waals surface area contributed by atoms with E-state index in [4.69, 9.17) is 4.74 Å². The molecule has 0 aliphatic heterocycles. The molecule has 0 fully saturated rings. The van der Waals surface area contributed by atoms with Crippen molar-refractivity contribution in [3.63, 3.8) is 0 Å². The molecule has 0 spiro atoms. The molecule has 0 saturated heterocycles. The number of hydroxylamine groups is 2. The average Bonchev–Trinajstić information content (AvgIpc) is 2.65. The Morgan fingerprint density at radius 2 is 1.88 bits per heavy atom. The molecule has 1 rings (SSSR count). The van der Waals surface area contributed by atoms with Gasteiger partial charge in [-0.2, -0.15) is 0 Å². The maximum atomic E-state index is 12.7. The minimum absolute atomic E-state index is 0.0515. The largest absolute Gasteiger partial charge is 0.466 e. The molecule has 144 valence electrons. The summed E-state index contributed by atoms with van der Waals surface area (Å²) in [6, 6.07) is 8.44. The summed E-state index contributed by atoms with van der Waals surface area (Å²) in [5.74, 6) is -0.666. The van der Waals surface area contributed by atoms with Gasteiger partial charge in [-0.15, -0.1) is 0 Å². The molecule has 0 saturated carbocycles. The molecule has 0 bridgehead atoms. The summed E-state index contributed by atoms with van der Waals surface area (Å²) in [7, 11) is 0. The van der Waals surface area contributed by atoms with E-state index in [1.165, 1.54) is 4.90 Å². The lowest BCUT2D eigenvalue weighted by Crippen LogP contribution is -2.43. The van der Waals surface area contributed by atoms with Gasteiger partial charge < -0.3 is 9.64 Å². The van der Waals surface area contributed by atoms with E-state index in [-0.39, 0.29) is 38.4 Å². The number of hydrogen-bond donors (Lipinski definition) is 1. The van der Waals surface area contributed by atoms with Crippen LogP contribution < -0.4 is 0 Å². The number of amides is 2. The summed E-state index contributed by atoms with van der Waals surface area (Å²) >= 11 is 0. The molecule has 26 heavy (non-hydrogen) atoms. The minimum atomic E-state index is -0.626. The van der Waals surface area contributed by atoms with E-state index in [2.05, 4.69) is 0 Å². The highest BCUT2D eigenvalue weighted by Crippen LogP contribution is 2.26. The third kappa shape index (κ3) is 7.23. The number of esters is 1. The van der Waals surface area contributed by atoms with Crippen molar-refractivity contribution in [2.24, 2.45) is 0 Å². The fourth-order valence-corrected chi connectivity index (χ4v) is 2.67. The fourth-order valence-electron chi connectivity index (χ4n) is 2.67. The Bertz CT molecular complexity index is 564. The first-order valence-electron chi connectivity index (χ1n) is 8.94. The van der Waals surface area contributed by atoms with Crippen LogP contribution in [0.5, 0.6) is 0 Å². The lowest BCUT2D eigenvalue weighted by Gasteiger charge is -2.33. The van der Waals surface area contributed by atoms with Crippen LogP contribution in [-0.4, -0.2) is 46.7 Å².